The molecule has 1 saturated carbocycles. The monoisotopic (exact) mass is 360 g/mol. The van der Waals surface area contributed by atoms with E-state index in [0.717, 1.165) is 37.5 Å². The van der Waals surface area contributed by atoms with Crippen LogP contribution in [0.2, 0.25) is 5.02 Å². The standard InChI is InChI=1S/C21H29ClN2O/c1-15-5-4-10-24(15)14-17-7-6-16(13-20(17)22)18-11-19(12-18)21(25)23-8-2-3-9-23/h6-7,13,15,18-19H,2-5,8-12,14H2,1H3. The molecule has 3 nitrogen and oxygen atoms in total. The van der Waals surface area contributed by atoms with Crippen molar-refractivity contribution in [3.63, 3.8) is 0 Å². The number of benzene rings is 1. The van der Waals surface area contributed by atoms with Crippen LogP contribution in [0.5, 0.6) is 0 Å². The van der Waals surface area contributed by atoms with Crippen molar-refractivity contribution in [2.24, 2.45) is 5.92 Å². The molecule has 2 aliphatic heterocycles. The van der Waals surface area contributed by atoms with Crippen molar-refractivity contribution in [1.82, 2.24) is 9.80 Å². The van der Waals surface area contributed by atoms with Crippen molar-refractivity contribution in [3.8, 4) is 0 Å². The van der Waals surface area contributed by atoms with E-state index in [-0.39, 0.29) is 5.92 Å². The molecule has 4 heteroatoms. The summed E-state index contributed by atoms with van der Waals surface area (Å²) < 4.78 is 0. The Morgan fingerprint density at radius 2 is 1.92 bits per heavy atom. The number of hydrogen-bond acceptors (Lipinski definition) is 2. The Morgan fingerprint density at radius 3 is 2.56 bits per heavy atom. The van der Waals surface area contributed by atoms with Crippen molar-refractivity contribution >= 4 is 17.5 Å². The van der Waals surface area contributed by atoms with E-state index in [9.17, 15) is 4.79 Å². The van der Waals surface area contributed by atoms with Gasteiger partial charge in [-0.05, 0) is 75.1 Å². The van der Waals surface area contributed by atoms with Gasteiger partial charge in [0, 0.05) is 36.6 Å². The van der Waals surface area contributed by atoms with Crippen LogP contribution in [0.25, 0.3) is 0 Å². The minimum absolute atomic E-state index is 0.243. The van der Waals surface area contributed by atoms with Crippen molar-refractivity contribution < 1.29 is 4.79 Å². The van der Waals surface area contributed by atoms with Crippen LogP contribution in [-0.2, 0) is 11.3 Å². The number of amides is 1. The average Bonchev–Trinajstić information content (AvgIpc) is 3.20. The summed E-state index contributed by atoms with van der Waals surface area (Å²) in [4.78, 5) is 17.0. The first-order valence-corrected chi connectivity index (χ1v) is 10.3. The fourth-order valence-electron chi connectivity index (χ4n) is 4.68. The molecule has 0 N–H and O–H groups in total. The number of halogens is 1. The van der Waals surface area contributed by atoms with Gasteiger partial charge in [0.2, 0.25) is 5.91 Å². The lowest BCUT2D eigenvalue weighted by Gasteiger charge is -2.37. The first-order valence-electron chi connectivity index (χ1n) is 9.93. The molecule has 0 bridgehead atoms. The van der Waals surface area contributed by atoms with Gasteiger partial charge in [0.1, 0.15) is 0 Å². The number of hydrogen-bond donors (Lipinski definition) is 0. The number of likely N-dealkylation sites (tertiary alicyclic amines) is 2. The molecular formula is C21H29ClN2O. The number of rotatable bonds is 4. The van der Waals surface area contributed by atoms with E-state index < -0.39 is 0 Å². The second-order valence-electron chi connectivity index (χ2n) is 8.21. The summed E-state index contributed by atoms with van der Waals surface area (Å²) in [5.41, 5.74) is 2.55. The van der Waals surface area contributed by atoms with Gasteiger partial charge < -0.3 is 4.90 Å². The van der Waals surface area contributed by atoms with E-state index in [1.165, 1.54) is 43.4 Å². The van der Waals surface area contributed by atoms with Crippen molar-refractivity contribution in [2.75, 3.05) is 19.6 Å². The Balaban J connectivity index is 1.34. The maximum Gasteiger partial charge on any atom is 0.225 e. The van der Waals surface area contributed by atoms with E-state index in [4.69, 9.17) is 11.6 Å². The molecule has 1 atom stereocenters. The van der Waals surface area contributed by atoms with E-state index in [1.54, 1.807) is 0 Å². The van der Waals surface area contributed by atoms with E-state index in [1.807, 2.05) is 0 Å². The summed E-state index contributed by atoms with van der Waals surface area (Å²) in [6.07, 6.45) is 6.93. The van der Waals surface area contributed by atoms with Crippen molar-refractivity contribution in [3.05, 3.63) is 34.3 Å². The van der Waals surface area contributed by atoms with Crippen LogP contribution in [0.15, 0.2) is 18.2 Å². The van der Waals surface area contributed by atoms with Crippen LogP contribution in [0.3, 0.4) is 0 Å². The highest BCUT2D eigenvalue weighted by atomic mass is 35.5. The minimum Gasteiger partial charge on any atom is -0.342 e. The molecule has 2 saturated heterocycles. The van der Waals surface area contributed by atoms with Crippen LogP contribution >= 0.6 is 11.6 Å². The molecule has 1 aromatic carbocycles. The molecule has 0 spiro atoms. The summed E-state index contributed by atoms with van der Waals surface area (Å²) in [5.74, 6) is 1.14. The predicted molar refractivity (Wildman–Crippen MR) is 102 cm³/mol. The summed E-state index contributed by atoms with van der Waals surface area (Å²) in [5, 5.41) is 0.894. The zero-order valence-electron chi connectivity index (χ0n) is 15.2. The van der Waals surface area contributed by atoms with Gasteiger partial charge in [-0.3, -0.25) is 9.69 Å². The highest BCUT2D eigenvalue weighted by molar-refractivity contribution is 6.31. The third kappa shape index (κ3) is 3.59. The molecule has 3 aliphatic rings. The average molecular weight is 361 g/mol. The fourth-order valence-corrected chi connectivity index (χ4v) is 4.93. The van der Waals surface area contributed by atoms with Crippen LogP contribution < -0.4 is 0 Å². The molecule has 3 fully saturated rings. The Hall–Kier alpha value is -1.06. The maximum atomic E-state index is 12.4. The third-order valence-corrected chi connectivity index (χ3v) is 6.87. The first-order chi connectivity index (χ1) is 12.1. The highest BCUT2D eigenvalue weighted by Gasteiger charge is 2.38. The van der Waals surface area contributed by atoms with E-state index >= 15 is 0 Å². The van der Waals surface area contributed by atoms with Gasteiger partial charge in [-0.15, -0.1) is 0 Å². The number of carbonyl (C=O) groups is 1. The highest BCUT2D eigenvalue weighted by Crippen LogP contribution is 2.43. The molecule has 1 unspecified atom stereocenters. The topological polar surface area (TPSA) is 23.6 Å². The van der Waals surface area contributed by atoms with E-state index in [0.29, 0.717) is 17.9 Å². The van der Waals surface area contributed by atoms with Crippen LogP contribution in [0.1, 0.15) is 62.5 Å². The quantitative estimate of drug-likeness (QED) is 0.792. The second-order valence-corrected chi connectivity index (χ2v) is 8.62. The van der Waals surface area contributed by atoms with Gasteiger partial charge in [0.05, 0.1) is 0 Å². The van der Waals surface area contributed by atoms with Crippen LogP contribution in [0, 0.1) is 5.92 Å². The predicted octanol–water partition coefficient (Wildman–Crippen LogP) is 4.44. The Kier molecular flexibility index (Phi) is 5.06. The molecule has 1 aliphatic carbocycles. The van der Waals surface area contributed by atoms with Crippen molar-refractivity contribution in [1.29, 1.82) is 0 Å². The Morgan fingerprint density at radius 1 is 1.16 bits per heavy atom. The lowest BCUT2D eigenvalue weighted by atomic mass is 9.70. The number of nitrogens with zero attached hydrogens (tertiary/aromatic N) is 2. The first kappa shape index (κ1) is 17.4. The van der Waals surface area contributed by atoms with Gasteiger partial charge >= 0.3 is 0 Å². The molecule has 25 heavy (non-hydrogen) atoms. The minimum atomic E-state index is 0.243. The van der Waals surface area contributed by atoms with Gasteiger partial charge in [-0.2, -0.15) is 0 Å². The van der Waals surface area contributed by atoms with Gasteiger partial charge in [-0.25, -0.2) is 0 Å². The van der Waals surface area contributed by atoms with Gasteiger partial charge in [-0.1, -0.05) is 23.7 Å². The molecule has 1 aromatic rings. The van der Waals surface area contributed by atoms with Crippen LogP contribution in [-0.4, -0.2) is 41.4 Å². The maximum absolute atomic E-state index is 12.4. The SMILES string of the molecule is CC1CCCN1Cc1ccc(C2CC(C(=O)N3CCCC3)C2)cc1Cl. The molecular weight excluding hydrogens is 332 g/mol. The second kappa shape index (κ2) is 7.28. The smallest absolute Gasteiger partial charge is 0.225 e. The van der Waals surface area contributed by atoms with Gasteiger partial charge in [0.15, 0.2) is 0 Å². The summed E-state index contributed by atoms with van der Waals surface area (Å²) in [7, 11) is 0. The lowest BCUT2D eigenvalue weighted by Crippen LogP contribution is -2.39. The summed E-state index contributed by atoms with van der Waals surface area (Å²) in [6.45, 7) is 6.38. The van der Waals surface area contributed by atoms with Crippen LogP contribution in [0.4, 0.5) is 0 Å². The summed E-state index contributed by atoms with van der Waals surface area (Å²) >= 11 is 6.58. The molecule has 0 aromatic heterocycles. The largest absolute Gasteiger partial charge is 0.342 e. The summed E-state index contributed by atoms with van der Waals surface area (Å²) in [6, 6.07) is 7.26. The molecule has 2 heterocycles. The Bertz CT molecular complexity index is 635. The van der Waals surface area contributed by atoms with E-state index in [2.05, 4.69) is 34.9 Å². The fraction of sp³-hybridized carbons (Fsp3) is 0.667. The zero-order valence-corrected chi connectivity index (χ0v) is 16.0. The normalized spacial score (nSPS) is 29.8. The molecule has 136 valence electrons. The van der Waals surface area contributed by atoms with Gasteiger partial charge in [0.25, 0.3) is 0 Å². The lowest BCUT2D eigenvalue weighted by molar-refractivity contribution is -0.137. The molecule has 0 radical (unpaired) electrons. The number of carbonyl (C=O) groups excluding carboxylic acids is 1. The Labute approximate surface area is 156 Å². The molecule has 4 rings (SSSR count). The van der Waals surface area contributed by atoms with Crippen molar-refractivity contribution in [2.45, 2.75) is 64.0 Å². The molecule has 1 amide bonds. The zero-order chi connectivity index (χ0) is 17.4. The third-order valence-electron chi connectivity index (χ3n) is 6.52.